The van der Waals surface area contributed by atoms with E-state index in [0.717, 1.165) is 5.56 Å². The fourth-order valence-electron chi connectivity index (χ4n) is 1.84. The van der Waals surface area contributed by atoms with Gasteiger partial charge in [-0.2, -0.15) is 0 Å². The first-order chi connectivity index (χ1) is 8.77. The molecule has 0 amide bonds. The highest BCUT2D eigenvalue weighted by Gasteiger charge is 2.61. The lowest BCUT2D eigenvalue weighted by Gasteiger charge is -2.30. The predicted molar refractivity (Wildman–Crippen MR) is 73.7 cm³/mol. The number of carbonyl (C=O) groups is 1. The van der Waals surface area contributed by atoms with Gasteiger partial charge in [-0.15, -0.1) is 0 Å². The minimum Gasteiger partial charge on any atom is -0.457 e. The van der Waals surface area contributed by atoms with Gasteiger partial charge in [0.1, 0.15) is 11.7 Å². The SMILES string of the molecule is CC(C)C(C)(C)OC(=O)C1(C)OC1c1ccccc1. The van der Waals surface area contributed by atoms with Crippen LogP contribution >= 0.6 is 0 Å². The van der Waals surface area contributed by atoms with Crippen LogP contribution in [0.4, 0.5) is 0 Å². The topological polar surface area (TPSA) is 38.8 Å². The maximum absolute atomic E-state index is 12.3. The molecule has 0 N–H and O–H groups in total. The Morgan fingerprint density at radius 3 is 2.42 bits per heavy atom. The van der Waals surface area contributed by atoms with Crippen LogP contribution in [0.15, 0.2) is 30.3 Å². The van der Waals surface area contributed by atoms with Crippen molar-refractivity contribution < 1.29 is 14.3 Å². The van der Waals surface area contributed by atoms with Crippen LogP contribution in [0.5, 0.6) is 0 Å². The number of esters is 1. The van der Waals surface area contributed by atoms with E-state index < -0.39 is 11.2 Å². The molecule has 0 bridgehead atoms. The van der Waals surface area contributed by atoms with E-state index >= 15 is 0 Å². The minimum atomic E-state index is -0.840. The molecule has 1 fully saturated rings. The Balaban J connectivity index is 2.06. The fourth-order valence-corrected chi connectivity index (χ4v) is 1.84. The number of carbonyl (C=O) groups excluding carboxylic acids is 1. The van der Waals surface area contributed by atoms with E-state index in [2.05, 4.69) is 0 Å². The van der Waals surface area contributed by atoms with Gasteiger partial charge in [0.05, 0.1) is 0 Å². The summed E-state index contributed by atoms with van der Waals surface area (Å²) in [5, 5.41) is 0. The van der Waals surface area contributed by atoms with E-state index in [9.17, 15) is 4.79 Å². The maximum Gasteiger partial charge on any atom is 0.341 e. The van der Waals surface area contributed by atoms with Crippen molar-refractivity contribution in [3.8, 4) is 0 Å². The Morgan fingerprint density at radius 1 is 1.32 bits per heavy atom. The van der Waals surface area contributed by atoms with E-state index in [-0.39, 0.29) is 18.0 Å². The van der Waals surface area contributed by atoms with Crippen LogP contribution in [0.1, 0.15) is 46.3 Å². The lowest BCUT2D eigenvalue weighted by Crippen LogP contribution is -2.38. The number of epoxide rings is 1. The lowest BCUT2D eigenvalue weighted by atomic mass is 9.94. The Bertz CT molecular complexity index is 464. The number of hydrogen-bond acceptors (Lipinski definition) is 3. The molecule has 0 radical (unpaired) electrons. The number of hydrogen-bond donors (Lipinski definition) is 0. The van der Waals surface area contributed by atoms with Crippen molar-refractivity contribution in [2.45, 2.75) is 51.9 Å². The van der Waals surface area contributed by atoms with Gasteiger partial charge in [0.25, 0.3) is 0 Å². The Kier molecular flexibility index (Phi) is 3.43. The van der Waals surface area contributed by atoms with Crippen molar-refractivity contribution in [3.63, 3.8) is 0 Å². The molecule has 2 atom stereocenters. The lowest BCUT2D eigenvalue weighted by molar-refractivity contribution is -0.166. The smallest absolute Gasteiger partial charge is 0.341 e. The molecule has 2 rings (SSSR count). The van der Waals surface area contributed by atoms with Crippen molar-refractivity contribution >= 4 is 5.97 Å². The van der Waals surface area contributed by atoms with Crippen molar-refractivity contribution in [3.05, 3.63) is 35.9 Å². The molecule has 104 valence electrons. The molecule has 0 aromatic heterocycles. The van der Waals surface area contributed by atoms with Crippen LogP contribution in [-0.4, -0.2) is 17.2 Å². The number of ether oxygens (including phenoxy) is 2. The molecule has 0 spiro atoms. The molecule has 1 aromatic carbocycles. The maximum atomic E-state index is 12.3. The zero-order chi connectivity index (χ0) is 14.3. The Labute approximate surface area is 114 Å². The fraction of sp³-hybridized carbons (Fsp3) is 0.562. The van der Waals surface area contributed by atoms with Crippen LogP contribution in [0.3, 0.4) is 0 Å². The van der Waals surface area contributed by atoms with Gasteiger partial charge in [-0.05, 0) is 32.3 Å². The highest BCUT2D eigenvalue weighted by atomic mass is 16.7. The third-order valence-corrected chi connectivity index (χ3v) is 4.06. The van der Waals surface area contributed by atoms with Crippen molar-refractivity contribution in [1.29, 1.82) is 0 Å². The molecule has 1 saturated heterocycles. The van der Waals surface area contributed by atoms with E-state index in [1.807, 2.05) is 58.0 Å². The third-order valence-electron chi connectivity index (χ3n) is 4.06. The summed E-state index contributed by atoms with van der Waals surface area (Å²) in [4.78, 5) is 12.3. The second kappa shape index (κ2) is 4.64. The second-order valence-corrected chi connectivity index (χ2v) is 6.16. The van der Waals surface area contributed by atoms with Crippen LogP contribution in [0.2, 0.25) is 0 Å². The predicted octanol–water partition coefficient (Wildman–Crippen LogP) is 3.49. The first kappa shape index (κ1) is 14.1. The summed E-state index contributed by atoms with van der Waals surface area (Å²) in [6.07, 6.45) is -0.191. The summed E-state index contributed by atoms with van der Waals surface area (Å²) in [6, 6.07) is 9.78. The van der Waals surface area contributed by atoms with Crippen molar-refractivity contribution in [1.82, 2.24) is 0 Å². The van der Waals surface area contributed by atoms with Gasteiger partial charge in [0, 0.05) is 0 Å². The number of rotatable bonds is 4. The highest BCUT2D eigenvalue weighted by molar-refractivity contribution is 5.83. The largest absolute Gasteiger partial charge is 0.457 e. The van der Waals surface area contributed by atoms with Gasteiger partial charge in [0.15, 0.2) is 5.60 Å². The molecule has 0 aliphatic carbocycles. The average Bonchev–Trinajstić information content (AvgIpc) is 3.04. The third kappa shape index (κ3) is 2.66. The van der Waals surface area contributed by atoms with Crippen LogP contribution in [-0.2, 0) is 14.3 Å². The van der Waals surface area contributed by atoms with Gasteiger partial charge in [0.2, 0.25) is 0 Å². The van der Waals surface area contributed by atoms with E-state index in [1.165, 1.54) is 0 Å². The molecule has 19 heavy (non-hydrogen) atoms. The Hall–Kier alpha value is -1.35. The van der Waals surface area contributed by atoms with Gasteiger partial charge in [-0.3, -0.25) is 0 Å². The Morgan fingerprint density at radius 2 is 1.89 bits per heavy atom. The molecule has 0 saturated carbocycles. The quantitative estimate of drug-likeness (QED) is 0.616. The minimum absolute atomic E-state index is 0.191. The molecule has 1 aromatic rings. The van der Waals surface area contributed by atoms with Crippen LogP contribution in [0, 0.1) is 5.92 Å². The summed E-state index contributed by atoms with van der Waals surface area (Å²) in [5.41, 5.74) is -0.301. The molecule has 1 aliphatic rings. The van der Waals surface area contributed by atoms with Gasteiger partial charge >= 0.3 is 5.97 Å². The normalized spacial score (nSPS) is 26.3. The zero-order valence-corrected chi connectivity index (χ0v) is 12.3. The highest BCUT2D eigenvalue weighted by Crippen LogP contribution is 2.50. The second-order valence-electron chi connectivity index (χ2n) is 6.16. The summed E-state index contributed by atoms with van der Waals surface area (Å²) in [6.45, 7) is 9.73. The van der Waals surface area contributed by atoms with Crippen molar-refractivity contribution in [2.24, 2.45) is 5.92 Å². The zero-order valence-electron chi connectivity index (χ0n) is 12.3. The molecule has 1 aliphatic heterocycles. The van der Waals surface area contributed by atoms with E-state index in [4.69, 9.17) is 9.47 Å². The average molecular weight is 262 g/mol. The summed E-state index contributed by atoms with van der Waals surface area (Å²) < 4.78 is 11.2. The standard InChI is InChI=1S/C16H22O3/c1-11(2)15(3,4)19-14(17)16(5)13(18-16)12-9-7-6-8-10-12/h6-11,13H,1-5H3. The summed E-state index contributed by atoms with van der Waals surface area (Å²) >= 11 is 0. The monoisotopic (exact) mass is 262 g/mol. The first-order valence-electron chi connectivity index (χ1n) is 6.73. The molecule has 2 unspecified atom stereocenters. The summed E-state index contributed by atoms with van der Waals surface area (Å²) in [5.74, 6) is -0.0194. The van der Waals surface area contributed by atoms with Crippen LogP contribution in [0.25, 0.3) is 0 Å². The molecular formula is C16H22O3. The van der Waals surface area contributed by atoms with Gasteiger partial charge < -0.3 is 9.47 Å². The molecular weight excluding hydrogens is 240 g/mol. The van der Waals surface area contributed by atoms with Gasteiger partial charge in [-0.1, -0.05) is 44.2 Å². The van der Waals surface area contributed by atoms with E-state index in [1.54, 1.807) is 6.92 Å². The number of benzene rings is 1. The molecule has 1 heterocycles. The molecule has 3 nitrogen and oxygen atoms in total. The van der Waals surface area contributed by atoms with Gasteiger partial charge in [-0.25, -0.2) is 4.79 Å². The molecule has 3 heteroatoms. The van der Waals surface area contributed by atoms with Crippen molar-refractivity contribution in [2.75, 3.05) is 0 Å². The summed E-state index contributed by atoms with van der Waals surface area (Å²) in [7, 11) is 0. The first-order valence-corrected chi connectivity index (χ1v) is 6.73. The van der Waals surface area contributed by atoms with Crippen LogP contribution < -0.4 is 0 Å². The van der Waals surface area contributed by atoms with E-state index in [0.29, 0.717) is 0 Å².